The van der Waals surface area contributed by atoms with Crippen LogP contribution in [0.5, 0.6) is 17.2 Å². The van der Waals surface area contributed by atoms with Crippen molar-refractivity contribution in [1.29, 1.82) is 0 Å². The highest BCUT2D eigenvalue weighted by molar-refractivity contribution is 8.27. The number of thioether (sulfide) groups is 3. The van der Waals surface area contributed by atoms with Crippen molar-refractivity contribution in [2.24, 2.45) is 0 Å². The molecule has 35 heteroatoms. The molecule has 0 radical (unpaired) electrons. The maximum absolute atomic E-state index is 12.9. The van der Waals surface area contributed by atoms with Crippen molar-refractivity contribution in [2.75, 3.05) is 56.7 Å². The lowest BCUT2D eigenvalue weighted by atomic mass is 10.1. The highest BCUT2D eigenvalue weighted by Gasteiger charge is 2.36. The molecule has 552 valence electrons. The van der Waals surface area contributed by atoms with E-state index in [1.807, 2.05) is 203 Å². The van der Waals surface area contributed by atoms with Gasteiger partial charge in [-0.1, -0.05) is 163 Å². The van der Waals surface area contributed by atoms with E-state index >= 15 is 0 Å². The zero-order valence-corrected chi connectivity index (χ0v) is 64.1. The van der Waals surface area contributed by atoms with Crippen LogP contribution in [0.4, 0.5) is 0 Å². The van der Waals surface area contributed by atoms with Crippen molar-refractivity contribution >= 4 is 157 Å². The summed E-state index contributed by atoms with van der Waals surface area (Å²) in [7, 11) is -12.7. The van der Waals surface area contributed by atoms with E-state index in [-0.39, 0.29) is 32.6 Å². The number of rotatable bonds is 24. The molecule has 3 aliphatic heterocycles. The van der Waals surface area contributed by atoms with Crippen molar-refractivity contribution in [1.82, 2.24) is 44.0 Å². The van der Waals surface area contributed by atoms with E-state index < -0.39 is 71.3 Å². The predicted octanol–water partition coefficient (Wildman–Crippen LogP) is 12.2. The quantitative estimate of drug-likeness (QED) is 0.0248. The van der Waals surface area contributed by atoms with Crippen LogP contribution in [-0.2, 0) is 49.5 Å². The van der Waals surface area contributed by atoms with Crippen LogP contribution in [0.1, 0.15) is 44.4 Å². The Balaban J connectivity index is 0.000000179. The van der Waals surface area contributed by atoms with Crippen molar-refractivity contribution in [2.45, 2.75) is 27.7 Å². The number of thiocarbonyl (C=S) groups is 3. The molecule has 26 nitrogen and oxygen atoms in total. The second-order valence-corrected chi connectivity index (χ2v) is 32.1. The smallest absolute Gasteiger partial charge is 0.300 e. The number of ether oxygens (including phenoxy) is 3. The molecule has 0 unspecified atom stereocenters. The second kappa shape index (κ2) is 36.7. The monoisotopic (exact) mass is 1610 g/mol. The first-order chi connectivity index (χ1) is 50.5. The molecule has 6 aromatic carbocycles. The SMILES string of the molecule is CC(=O)O.CCOc1cccc(-c2nn(-c3ccccc3)cc2/C=C2\SC(=S)N(CCS(=O)(=O)O)C2=O)c1.CCOc1cccc(-c2nn(-c3ccccc3)cc2/C=C2\SC(=S)N(CCS(=O)(=O)O)C2=O)c1.CCOc1cccc(-c2nn(-c3ccccc3)cc2/C=C2\SC(=S)N(CCS(=O)(=O)O)C2=O)c1. The summed E-state index contributed by atoms with van der Waals surface area (Å²) in [5, 5.41) is 21.7. The van der Waals surface area contributed by atoms with Gasteiger partial charge in [-0.15, -0.1) is 0 Å². The molecule has 3 amide bonds. The van der Waals surface area contributed by atoms with Gasteiger partial charge < -0.3 is 19.3 Å². The van der Waals surface area contributed by atoms with Gasteiger partial charge in [0, 0.05) is 78.5 Å². The molecule has 9 aromatic rings. The van der Waals surface area contributed by atoms with Crippen LogP contribution in [0.2, 0.25) is 0 Å². The number of para-hydroxylation sites is 3. The summed E-state index contributed by atoms with van der Waals surface area (Å²) in [6, 6.07) is 51.3. The Morgan fingerprint density at radius 2 is 0.670 bits per heavy atom. The average molecular weight is 1610 g/mol. The van der Waals surface area contributed by atoms with Gasteiger partial charge in [-0.3, -0.25) is 47.5 Å². The largest absolute Gasteiger partial charge is 0.494 e. The molecule has 0 aliphatic carbocycles. The molecule has 0 bridgehead atoms. The Kier molecular flexibility index (Phi) is 27.9. The van der Waals surface area contributed by atoms with E-state index in [9.17, 15) is 39.6 Å². The van der Waals surface area contributed by atoms with Gasteiger partial charge in [0.15, 0.2) is 0 Å². The lowest BCUT2D eigenvalue weighted by molar-refractivity contribution is -0.134. The van der Waals surface area contributed by atoms with Gasteiger partial charge >= 0.3 is 0 Å². The number of aliphatic carboxylic acids is 1. The number of amides is 3. The molecular weight excluding hydrogens is 1540 g/mol. The van der Waals surface area contributed by atoms with Gasteiger partial charge in [0.1, 0.15) is 47.3 Å². The predicted molar refractivity (Wildman–Crippen MR) is 423 cm³/mol. The minimum Gasteiger partial charge on any atom is -0.494 e. The highest BCUT2D eigenvalue weighted by Crippen LogP contribution is 2.39. The van der Waals surface area contributed by atoms with Crippen molar-refractivity contribution in [3.05, 3.63) is 214 Å². The van der Waals surface area contributed by atoms with Crippen molar-refractivity contribution in [3.63, 3.8) is 0 Å². The lowest BCUT2D eigenvalue weighted by Crippen LogP contribution is -2.32. The third-order valence-electron chi connectivity index (χ3n) is 14.7. The summed E-state index contributed by atoms with van der Waals surface area (Å²) < 4.78 is 117. The molecule has 3 saturated heterocycles. The summed E-state index contributed by atoms with van der Waals surface area (Å²) in [6.07, 6.45) is 10.6. The van der Waals surface area contributed by atoms with Gasteiger partial charge in [0.25, 0.3) is 54.0 Å². The molecule has 0 atom stereocenters. The fourth-order valence-corrected chi connectivity index (χ4v) is 15.3. The van der Waals surface area contributed by atoms with Gasteiger partial charge in [-0.25, -0.2) is 14.0 Å². The van der Waals surface area contributed by atoms with Crippen LogP contribution >= 0.6 is 71.9 Å². The Morgan fingerprint density at radius 1 is 0.425 bits per heavy atom. The number of benzene rings is 6. The van der Waals surface area contributed by atoms with Crippen molar-refractivity contribution < 1.29 is 77.4 Å². The second-order valence-electron chi connectivity index (χ2n) is 22.4. The Bertz CT molecular complexity index is 4720. The zero-order valence-electron chi connectivity index (χ0n) is 56.7. The number of carbonyl (C=O) groups excluding carboxylic acids is 3. The third-order valence-corrected chi connectivity index (χ3v) is 21.0. The molecule has 4 N–H and O–H groups in total. The summed E-state index contributed by atoms with van der Waals surface area (Å²) in [5.41, 5.74) is 9.00. The van der Waals surface area contributed by atoms with Crippen molar-refractivity contribution in [3.8, 4) is 68.1 Å². The molecule has 106 heavy (non-hydrogen) atoms. The summed E-state index contributed by atoms with van der Waals surface area (Å²) in [5.74, 6) is -1.73. The minimum atomic E-state index is -4.22. The number of carbonyl (C=O) groups is 4. The molecule has 0 spiro atoms. The topological polar surface area (TPSA) is 342 Å². The number of hydrogen-bond donors (Lipinski definition) is 4. The van der Waals surface area contributed by atoms with Crippen LogP contribution in [0.15, 0.2) is 197 Å². The van der Waals surface area contributed by atoms with E-state index in [0.717, 1.165) is 76.0 Å². The molecule has 6 heterocycles. The first kappa shape index (κ1) is 80.6. The van der Waals surface area contributed by atoms with E-state index in [1.165, 1.54) is 14.7 Å². The molecule has 3 aliphatic rings. The van der Waals surface area contributed by atoms with E-state index in [1.54, 1.807) is 32.3 Å². The number of nitrogens with zero attached hydrogens (tertiary/aromatic N) is 9. The van der Waals surface area contributed by atoms with E-state index in [0.29, 0.717) is 85.6 Å². The fraction of sp³-hybridized carbons (Fsp3) is 0.183. The van der Waals surface area contributed by atoms with E-state index in [4.69, 9.17) is 89.7 Å². The highest BCUT2D eigenvalue weighted by atomic mass is 32.2. The van der Waals surface area contributed by atoms with Crippen LogP contribution in [0, 0.1) is 0 Å². The number of carboxylic acid groups (broad SMARTS) is 1. The standard InChI is InChI=1S/3C23H21N3O5S3.C2H4O2/c3*1-2-31-19-10-6-7-16(13-19)21-17(15-26(24-21)18-8-4-3-5-9-18)14-20-22(27)25(23(32)33-20)11-12-34(28,29)30;1-2(3)4/h3*3-10,13-15H,2,11-12H2,1H3,(H,28,29,30);1H3,(H,3,4)/b3*20-14-;. The molecule has 12 rings (SSSR count). The number of carboxylic acids is 1. The summed E-state index contributed by atoms with van der Waals surface area (Å²) in [6.45, 7) is 7.75. The van der Waals surface area contributed by atoms with Gasteiger partial charge in [-0.2, -0.15) is 40.5 Å². The number of aromatic nitrogens is 6. The zero-order chi connectivity index (χ0) is 76.5. The Morgan fingerprint density at radius 3 is 0.896 bits per heavy atom. The van der Waals surface area contributed by atoms with Crippen LogP contribution in [-0.4, -0.2) is 181 Å². The van der Waals surface area contributed by atoms with Gasteiger partial charge in [0.2, 0.25) is 0 Å². The van der Waals surface area contributed by atoms with E-state index in [2.05, 4.69) is 0 Å². The van der Waals surface area contributed by atoms with Crippen LogP contribution in [0.25, 0.3) is 69.1 Å². The summed E-state index contributed by atoms with van der Waals surface area (Å²) in [4.78, 5) is 52.3. The first-order valence-corrected chi connectivity index (χ1v) is 40.4. The lowest BCUT2D eigenvalue weighted by Gasteiger charge is -2.12. The molecule has 0 saturated carbocycles. The fourth-order valence-electron chi connectivity index (χ4n) is 10.1. The Hall–Kier alpha value is -9.50. The average Bonchev–Trinajstić information content (AvgIpc) is 1.64. The maximum Gasteiger partial charge on any atom is 0.300 e. The van der Waals surface area contributed by atoms with Crippen LogP contribution in [0.3, 0.4) is 0 Å². The van der Waals surface area contributed by atoms with Gasteiger partial charge in [-0.05, 0) is 112 Å². The minimum absolute atomic E-state index is 0.215. The first-order valence-electron chi connectivity index (χ1n) is 31.9. The summed E-state index contributed by atoms with van der Waals surface area (Å²) >= 11 is 19.0. The molecular formula is C71H67N9O17S9. The molecule has 3 aromatic heterocycles. The van der Waals surface area contributed by atoms with Gasteiger partial charge in [0.05, 0.1) is 68.9 Å². The number of hydrogen-bond acceptors (Lipinski definition) is 22. The third kappa shape index (κ3) is 22.5. The molecule has 3 fully saturated rings. The normalized spacial score (nSPS) is 15.0. The maximum atomic E-state index is 12.9. The van der Waals surface area contributed by atoms with Crippen LogP contribution < -0.4 is 14.2 Å². The Labute approximate surface area is 640 Å².